The molecule has 0 radical (unpaired) electrons. The van der Waals surface area contributed by atoms with Crippen LogP contribution in [0.3, 0.4) is 0 Å². The van der Waals surface area contributed by atoms with Crippen LogP contribution >= 0.6 is 0 Å². The third kappa shape index (κ3) is 2.08. The molecule has 0 heteroatoms. The van der Waals surface area contributed by atoms with Crippen LogP contribution < -0.4 is 0 Å². The van der Waals surface area contributed by atoms with Gasteiger partial charge in [0.1, 0.15) is 0 Å². The number of hydrogen-bond acceptors (Lipinski definition) is 0. The lowest BCUT2D eigenvalue weighted by Gasteiger charge is -2.53. The molecular formula is C21H34. The molecule has 0 nitrogen and oxygen atoms in total. The van der Waals surface area contributed by atoms with Gasteiger partial charge in [0.15, 0.2) is 0 Å². The molecule has 0 saturated heterocycles. The van der Waals surface area contributed by atoms with E-state index in [0.29, 0.717) is 10.8 Å². The molecule has 0 aromatic heterocycles. The van der Waals surface area contributed by atoms with E-state index in [1.54, 1.807) is 11.1 Å². The molecular weight excluding hydrogens is 252 g/mol. The van der Waals surface area contributed by atoms with Crippen LogP contribution in [0.2, 0.25) is 0 Å². The Morgan fingerprint density at radius 1 is 1.05 bits per heavy atom. The van der Waals surface area contributed by atoms with Crippen molar-refractivity contribution >= 4 is 0 Å². The van der Waals surface area contributed by atoms with Gasteiger partial charge in [-0.15, -0.1) is 0 Å². The molecule has 3 unspecified atom stereocenters. The predicted octanol–water partition coefficient (Wildman–Crippen LogP) is 6.53. The molecule has 0 aromatic carbocycles. The van der Waals surface area contributed by atoms with E-state index in [9.17, 15) is 0 Å². The van der Waals surface area contributed by atoms with Crippen molar-refractivity contribution in [3.63, 3.8) is 0 Å². The summed E-state index contributed by atoms with van der Waals surface area (Å²) in [6.45, 7) is 14.9. The van der Waals surface area contributed by atoms with Crippen molar-refractivity contribution in [3.8, 4) is 0 Å². The van der Waals surface area contributed by atoms with E-state index >= 15 is 0 Å². The first-order chi connectivity index (χ1) is 9.79. The Morgan fingerprint density at radius 2 is 1.76 bits per heavy atom. The van der Waals surface area contributed by atoms with Gasteiger partial charge < -0.3 is 0 Å². The van der Waals surface area contributed by atoms with Gasteiger partial charge in [-0.05, 0) is 75.5 Å². The van der Waals surface area contributed by atoms with E-state index in [2.05, 4.69) is 47.6 Å². The maximum Gasteiger partial charge on any atom is 0.00342 e. The zero-order valence-electron chi connectivity index (χ0n) is 15.1. The van der Waals surface area contributed by atoms with Gasteiger partial charge in [0.25, 0.3) is 0 Å². The van der Waals surface area contributed by atoms with Crippen LogP contribution in [0, 0.1) is 28.6 Å². The Kier molecular flexibility index (Phi) is 3.66. The lowest BCUT2D eigenvalue weighted by atomic mass is 9.51. The average Bonchev–Trinajstić information content (AvgIpc) is 2.57. The SMILES string of the molecule is CC1=CC2C(C(C)C)CCC(C)=C3CCC(C)(C)C32CC1. The quantitative estimate of drug-likeness (QED) is 0.481. The average molecular weight is 287 g/mol. The van der Waals surface area contributed by atoms with E-state index in [-0.39, 0.29) is 0 Å². The van der Waals surface area contributed by atoms with Crippen LogP contribution in [0.4, 0.5) is 0 Å². The highest BCUT2D eigenvalue weighted by molar-refractivity contribution is 5.36. The molecule has 1 spiro atoms. The van der Waals surface area contributed by atoms with Gasteiger partial charge in [-0.25, -0.2) is 0 Å². The topological polar surface area (TPSA) is 0 Å². The number of rotatable bonds is 1. The summed E-state index contributed by atoms with van der Waals surface area (Å²) >= 11 is 0. The van der Waals surface area contributed by atoms with Crippen molar-refractivity contribution in [2.45, 2.75) is 80.1 Å². The van der Waals surface area contributed by atoms with Crippen molar-refractivity contribution < 1.29 is 0 Å². The summed E-state index contributed by atoms with van der Waals surface area (Å²) in [7, 11) is 0. The minimum atomic E-state index is 0.474. The first-order valence-corrected chi connectivity index (χ1v) is 9.16. The molecule has 118 valence electrons. The second-order valence-corrected chi connectivity index (χ2v) is 9.10. The Hall–Kier alpha value is -0.520. The molecule has 1 saturated carbocycles. The van der Waals surface area contributed by atoms with Gasteiger partial charge in [-0.1, -0.05) is 50.5 Å². The van der Waals surface area contributed by atoms with E-state index in [4.69, 9.17) is 0 Å². The minimum absolute atomic E-state index is 0.474. The van der Waals surface area contributed by atoms with Gasteiger partial charge >= 0.3 is 0 Å². The highest BCUT2D eigenvalue weighted by atomic mass is 14.6. The Bertz CT molecular complexity index is 488. The van der Waals surface area contributed by atoms with Gasteiger partial charge in [-0.3, -0.25) is 0 Å². The van der Waals surface area contributed by atoms with Crippen molar-refractivity contribution in [3.05, 3.63) is 22.8 Å². The molecule has 0 aromatic rings. The summed E-state index contributed by atoms with van der Waals surface area (Å²) in [6, 6.07) is 0. The number of hydrogen-bond donors (Lipinski definition) is 0. The van der Waals surface area contributed by atoms with Crippen LogP contribution in [-0.2, 0) is 0 Å². The highest BCUT2D eigenvalue weighted by Crippen LogP contribution is 2.68. The summed E-state index contributed by atoms with van der Waals surface area (Å²) < 4.78 is 0. The van der Waals surface area contributed by atoms with Gasteiger partial charge in [-0.2, -0.15) is 0 Å². The Morgan fingerprint density at radius 3 is 2.43 bits per heavy atom. The smallest absolute Gasteiger partial charge is 0.00342 e. The van der Waals surface area contributed by atoms with E-state index in [0.717, 1.165) is 17.8 Å². The third-order valence-electron chi connectivity index (χ3n) is 7.38. The zero-order chi connectivity index (χ0) is 15.4. The molecule has 3 aliphatic carbocycles. The summed E-state index contributed by atoms with van der Waals surface area (Å²) in [4.78, 5) is 0. The summed E-state index contributed by atoms with van der Waals surface area (Å²) in [6.07, 6.45) is 10.9. The fraction of sp³-hybridized carbons (Fsp3) is 0.810. The fourth-order valence-corrected chi connectivity index (χ4v) is 6.07. The van der Waals surface area contributed by atoms with Gasteiger partial charge in [0, 0.05) is 5.41 Å². The van der Waals surface area contributed by atoms with Crippen LogP contribution in [0.15, 0.2) is 22.8 Å². The van der Waals surface area contributed by atoms with Crippen LogP contribution in [-0.4, -0.2) is 0 Å². The molecule has 1 fully saturated rings. The molecule has 0 heterocycles. The molecule has 3 atom stereocenters. The monoisotopic (exact) mass is 286 g/mol. The molecule has 3 rings (SSSR count). The predicted molar refractivity (Wildman–Crippen MR) is 92.2 cm³/mol. The minimum Gasteiger partial charge on any atom is -0.0813 e. The lowest BCUT2D eigenvalue weighted by Crippen LogP contribution is -2.45. The van der Waals surface area contributed by atoms with Crippen molar-refractivity contribution in [1.82, 2.24) is 0 Å². The van der Waals surface area contributed by atoms with Crippen LogP contribution in [0.5, 0.6) is 0 Å². The molecule has 3 aliphatic rings. The molecule has 0 bridgehead atoms. The van der Waals surface area contributed by atoms with Crippen LogP contribution in [0.1, 0.15) is 80.1 Å². The molecule has 21 heavy (non-hydrogen) atoms. The summed E-state index contributed by atoms with van der Waals surface area (Å²) in [5.41, 5.74) is 6.23. The van der Waals surface area contributed by atoms with Crippen molar-refractivity contribution in [2.24, 2.45) is 28.6 Å². The second-order valence-electron chi connectivity index (χ2n) is 9.10. The van der Waals surface area contributed by atoms with E-state index < -0.39 is 0 Å². The van der Waals surface area contributed by atoms with Crippen molar-refractivity contribution in [1.29, 1.82) is 0 Å². The van der Waals surface area contributed by atoms with E-state index in [1.807, 2.05) is 5.57 Å². The van der Waals surface area contributed by atoms with Crippen LogP contribution in [0.25, 0.3) is 0 Å². The zero-order valence-corrected chi connectivity index (χ0v) is 15.1. The summed E-state index contributed by atoms with van der Waals surface area (Å²) in [5.74, 6) is 2.46. The number of allylic oxidation sites excluding steroid dienone is 4. The van der Waals surface area contributed by atoms with Crippen molar-refractivity contribution in [2.75, 3.05) is 0 Å². The first-order valence-electron chi connectivity index (χ1n) is 9.16. The van der Waals surface area contributed by atoms with Gasteiger partial charge in [0.2, 0.25) is 0 Å². The normalized spacial score (nSPS) is 38.9. The maximum absolute atomic E-state index is 2.71. The fourth-order valence-electron chi connectivity index (χ4n) is 6.07. The lowest BCUT2D eigenvalue weighted by molar-refractivity contribution is 0.0296. The molecule has 0 N–H and O–H groups in total. The maximum atomic E-state index is 2.71. The molecule has 0 amide bonds. The Labute approximate surface area is 132 Å². The molecule has 0 aliphatic heterocycles. The summed E-state index contributed by atoms with van der Waals surface area (Å²) in [5, 5.41) is 0. The highest BCUT2D eigenvalue weighted by Gasteiger charge is 2.59. The largest absolute Gasteiger partial charge is 0.0813 e. The van der Waals surface area contributed by atoms with E-state index in [1.165, 1.54) is 38.5 Å². The van der Waals surface area contributed by atoms with Gasteiger partial charge in [0.05, 0.1) is 0 Å². The Balaban J connectivity index is 2.21. The third-order valence-corrected chi connectivity index (χ3v) is 7.38. The standard InChI is InChI=1S/C21H34/c1-14(2)17-8-7-16(4)18-10-11-20(5,6)21(18)12-9-15(3)13-19(17)21/h13-14,17,19H,7-12H2,1-6H3. The first kappa shape index (κ1) is 15.4. The second kappa shape index (κ2) is 5.00.